The number of carbonyl (C=O) groups excluding carboxylic acids is 1. The first kappa shape index (κ1) is 19.3. The zero-order chi connectivity index (χ0) is 18.7. The molecule has 0 aromatic heterocycles. The maximum absolute atomic E-state index is 12.5. The first-order valence-corrected chi connectivity index (χ1v) is 10.7. The van der Waals surface area contributed by atoms with Gasteiger partial charge in [0.15, 0.2) is 0 Å². The van der Waals surface area contributed by atoms with Gasteiger partial charge in [-0.05, 0) is 44.5 Å². The third kappa shape index (κ3) is 5.04. The Hall–Kier alpha value is -1.46. The lowest BCUT2D eigenvalue weighted by molar-refractivity contribution is -0.119. The fourth-order valence-electron chi connectivity index (χ4n) is 3.18. The number of aryl methyl sites for hydroxylation is 1. The molecule has 2 aromatic carbocycles. The van der Waals surface area contributed by atoms with Gasteiger partial charge in [-0.1, -0.05) is 45.8 Å². The zero-order valence-electron chi connectivity index (χ0n) is 15.3. The minimum absolute atomic E-state index is 0.00516. The van der Waals surface area contributed by atoms with Crippen molar-refractivity contribution in [1.29, 1.82) is 0 Å². The SMILES string of the molecule is Cc1ccc2c(c1)[C@H](NC(=O)CSCc1ccc(Br)cc1)CC(C)(C)O2. The lowest BCUT2D eigenvalue weighted by Crippen LogP contribution is -2.41. The molecule has 3 nitrogen and oxygen atoms in total. The van der Waals surface area contributed by atoms with Crippen LogP contribution in [0, 0.1) is 6.92 Å². The summed E-state index contributed by atoms with van der Waals surface area (Å²) >= 11 is 5.07. The summed E-state index contributed by atoms with van der Waals surface area (Å²) in [5, 5.41) is 3.21. The molecule has 0 saturated carbocycles. The summed E-state index contributed by atoms with van der Waals surface area (Å²) < 4.78 is 7.14. The number of benzene rings is 2. The molecule has 0 radical (unpaired) electrons. The summed E-state index contributed by atoms with van der Waals surface area (Å²) in [6, 6.07) is 14.4. The third-order valence-electron chi connectivity index (χ3n) is 4.37. The van der Waals surface area contributed by atoms with Crippen molar-refractivity contribution in [3.8, 4) is 5.75 Å². The molecule has 1 amide bonds. The van der Waals surface area contributed by atoms with Crippen molar-refractivity contribution >= 4 is 33.6 Å². The van der Waals surface area contributed by atoms with Crippen LogP contribution in [-0.2, 0) is 10.5 Å². The minimum atomic E-state index is -0.287. The molecule has 0 fully saturated rings. The molecule has 2 aromatic rings. The van der Waals surface area contributed by atoms with Crippen molar-refractivity contribution in [3.63, 3.8) is 0 Å². The molecule has 0 unspecified atom stereocenters. The van der Waals surface area contributed by atoms with E-state index >= 15 is 0 Å². The predicted molar refractivity (Wildman–Crippen MR) is 112 cm³/mol. The minimum Gasteiger partial charge on any atom is -0.487 e. The number of nitrogens with one attached hydrogen (secondary N) is 1. The van der Waals surface area contributed by atoms with Crippen molar-refractivity contribution < 1.29 is 9.53 Å². The van der Waals surface area contributed by atoms with E-state index in [2.05, 4.69) is 60.2 Å². The van der Waals surface area contributed by atoms with Crippen molar-refractivity contribution in [2.45, 2.75) is 44.6 Å². The second-order valence-corrected chi connectivity index (χ2v) is 9.25. The lowest BCUT2D eigenvalue weighted by Gasteiger charge is -2.38. The Morgan fingerprint density at radius 2 is 2.00 bits per heavy atom. The molecular formula is C21H24BrNO2S. The van der Waals surface area contributed by atoms with Gasteiger partial charge in [-0.2, -0.15) is 0 Å². The van der Waals surface area contributed by atoms with E-state index in [4.69, 9.17) is 4.74 Å². The molecule has 0 spiro atoms. The van der Waals surface area contributed by atoms with Gasteiger partial charge in [-0.25, -0.2) is 0 Å². The monoisotopic (exact) mass is 433 g/mol. The molecule has 0 bridgehead atoms. The molecular weight excluding hydrogens is 410 g/mol. The highest BCUT2D eigenvalue weighted by Gasteiger charge is 2.34. The molecule has 0 saturated heterocycles. The topological polar surface area (TPSA) is 38.3 Å². The fraction of sp³-hybridized carbons (Fsp3) is 0.381. The molecule has 3 rings (SSSR count). The van der Waals surface area contributed by atoms with E-state index in [9.17, 15) is 4.79 Å². The Balaban J connectivity index is 1.60. The van der Waals surface area contributed by atoms with Crippen molar-refractivity contribution in [2.75, 3.05) is 5.75 Å². The molecule has 138 valence electrons. The number of thioether (sulfide) groups is 1. The van der Waals surface area contributed by atoms with E-state index in [1.165, 1.54) is 11.1 Å². The quantitative estimate of drug-likeness (QED) is 0.684. The van der Waals surface area contributed by atoms with Crippen LogP contribution in [0.5, 0.6) is 5.75 Å². The van der Waals surface area contributed by atoms with Gasteiger partial charge in [0.1, 0.15) is 11.4 Å². The summed E-state index contributed by atoms with van der Waals surface area (Å²) in [6.07, 6.45) is 0.770. The number of hydrogen-bond acceptors (Lipinski definition) is 3. The molecule has 26 heavy (non-hydrogen) atoms. The van der Waals surface area contributed by atoms with Gasteiger partial charge >= 0.3 is 0 Å². The molecule has 0 aliphatic carbocycles. The van der Waals surface area contributed by atoms with Crippen molar-refractivity contribution in [1.82, 2.24) is 5.32 Å². The summed E-state index contributed by atoms with van der Waals surface area (Å²) in [5.41, 5.74) is 3.19. The highest BCUT2D eigenvalue weighted by molar-refractivity contribution is 9.10. The first-order chi connectivity index (χ1) is 12.3. The molecule has 1 N–H and O–H groups in total. The van der Waals surface area contributed by atoms with E-state index < -0.39 is 0 Å². The molecule has 5 heteroatoms. The van der Waals surface area contributed by atoms with Crippen LogP contribution in [0.3, 0.4) is 0 Å². The van der Waals surface area contributed by atoms with E-state index in [1.54, 1.807) is 11.8 Å². The first-order valence-electron chi connectivity index (χ1n) is 8.73. The van der Waals surface area contributed by atoms with Crippen LogP contribution in [0.25, 0.3) is 0 Å². The standard InChI is InChI=1S/C21H24BrNO2S/c1-14-4-9-19-17(10-14)18(11-21(2,3)25-19)23-20(24)13-26-12-15-5-7-16(22)8-6-15/h4-10,18H,11-13H2,1-3H3,(H,23,24)/t18-/m1/s1. The average molecular weight is 434 g/mol. The Morgan fingerprint density at radius 1 is 1.27 bits per heavy atom. The third-order valence-corrected chi connectivity index (χ3v) is 5.91. The Morgan fingerprint density at radius 3 is 2.73 bits per heavy atom. The van der Waals surface area contributed by atoms with Crippen molar-refractivity contribution in [3.05, 3.63) is 63.6 Å². The normalized spacial score (nSPS) is 17.9. The van der Waals surface area contributed by atoms with Crippen LogP contribution in [0.4, 0.5) is 0 Å². The second kappa shape index (κ2) is 8.05. The van der Waals surface area contributed by atoms with E-state index in [0.717, 1.165) is 28.0 Å². The second-order valence-electron chi connectivity index (χ2n) is 7.35. The molecule has 1 heterocycles. The van der Waals surface area contributed by atoms with Crippen LogP contribution in [0.1, 0.15) is 43.0 Å². The fourth-order valence-corrected chi connectivity index (χ4v) is 4.24. The van der Waals surface area contributed by atoms with Gasteiger partial charge < -0.3 is 10.1 Å². The maximum atomic E-state index is 12.5. The van der Waals surface area contributed by atoms with Crippen LogP contribution in [-0.4, -0.2) is 17.3 Å². The van der Waals surface area contributed by atoms with Crippen LogP contribution < -0.4 is 10.1 Å². The van der Waals surface area contributed by atoms with Gasteiger partial charge in [0.05, 0.1) is 11.8 Å². The van der Waals surface area contributed by atoms with E-state index in [-0.39, 0.29) is 17.6 Å². The smallest absolute Gasteiger partial charge is 0.230 e. The Bertz CT molecular complexity index is 789. The number of hydrogen-bond donors (Lipinski definition) is 1. The summed E-state index contributed by atoms with van der Waals surface area (Å²) in [4.78, 5) is 12.5. The number of fused-ring (bicyclic) bond motifs is 1. The molecule has 1 aliphatic rings. The van der Waals surface area contributed by atoms with E-state index in [1.807, 2.05) is 24.3 Å². The predicted octanol–water partition coefficient (Wildman–Crippen LogP) is 5.41. The van der Waals surface area contributed by atoms with Crippen LogP contribution >= 0.6 is 27.7 Å². The van der Waals surface area contributed by atoms with Gasteiger partial charge in [0, 0.05) is 22.2 Å². The van der Waals surface area contributed by atoms with Gasteiger partial charge in [-0.3, -0.25) is 4.79 Å². The largest absolute Gasteiger partial charge is 0.487 e. The summed E-state index contributed by atoms with van der Waals surface area (Å²) in [6.45, 7) is 6.20. The van der Waals surface area contributed by atoms with Gasteiger partial charge in [0.2, 0.25) is 5.91 Å². The van der Waals surface area contributed by atoms with Gasteiger partial charge in [0.25, 0.3) is 0 Å². The highest BCUT2D eigenvalue weighted by Crippen LogP contribution is 2.39. The number of amides is 1. The number of ether oxygens (including phenoxy) is 1. The average Bonchev–Trinajstić information content (AvgIpc) is 2.57. The Labute approximate surface area is 168 Å². The van der Waals surface area contributed by atoms with Gasteiger partial charge in [-0.15, -0.1) is 11.8 Å². The van der Waals surface area contributed by atoms with Crippen molar-refractivity contribution in [2.24, 2.45) is 0 Å². The molecule has 1 aliphatic heterocycles. The molecule has 1 atom stereocenters. The highest BCUT2D eigenvalue weighted by atomic mass is 79.9. The zero-order valence-corrected chi connectivity index (χ0v) is 17.7. The number of rotatable bonds is 5. The van der Waals surface area contributed by atoms with Crippen LogP contribution in [0.2, 0.25) is 0 Å². The summed E-state index contributed by atoms with van der Waals surface area (Å²) in [5.74, 6) is 2.23. The summed E-state index contributed by atoms with van der Waals surface area (Å²) in [7, 11) is 0. The lowest BCUT2D eigenvalue weighted by atomic mass is 9.89. The Kier molecular flexibility index (Phi) is 5.98. The maximum Gasteiger partial charge on any atom is 0.230 e. The van der Waals surface area contributed by atoms with Crippen LogP contribution in [0.15, 0.2) is 46.9 Å². The number of carbonyl (C=O) groups is 1. The number of halogens is 1. The van der Waals surface area contributed by atoms with E-state index in [0.29, 0.717) is 5.75 Å².